The zero-order chi connectivity index (χ0) is 15.4. The van der Waals surface area contributed by atoms with E-state index < -0.39 is 0 Å². The Labute approximate surface area is 129 Å². The number of halogens is 1. The van der Waals surface area contributed by atoms with E-state index in [9.17, 15) is 9.59 Å². The molecule has 0 spiro atoms. The highest BCUT2D eigenvalue weighted by atomic mass is 35.5. The summed E-state index contributed by atoms with van der Waals surface area (Å²) in [5.74, 6) is -0.234. The van der Waals surface area contributed by atoms with Gasteiger partial charge in [-0.05, 0) is 38.9 Å². The summed E-state index contributed by atoms with van der Waals surface area (Å²) in [5.41, 5.74) is 0.577. The molecule has 6 heteroatoms. The van der Waals surface area contributed by atoms with E-state index in [4.69, 9.17) is 11.6 Å². The molecule has 0 unspecified atom stereocenters. The molecule has 0 aromatic heterocycles. The predicted molar refractivity (Wildman–Crippen MR) is 83.3 cm³/mol. The summed E-state index contributed by atoms with van der Waals surface area (Å²) in [6.07, 6.45) is 2.10. The summed E-state index contributed by atoms with van der Waals surface area (Å²) in [6, 6.07) is 7.04. The Kier molecular flexibility index (Phi) is 5.20. The minimum Gasteiger partial charge on any atom is -0.352 e. The maximum absolute atomic E-state index is 12.0. The Hall–Kier alpha value is -1.59. The van der Waals surface area contributed by atoms with Gasteiger partial charge in [-0.25, -0.2) is 0 Å². The molecule has 2 rings (SSSR count). The molecule has 0 saturated heterocycles. The van der Waals surface area contributed by atoms with Crippen molar-refractivity contribution in [1.29, 1.82) is 0 Å². The number of benzene rings is 1. The van der Waals surface area contributed by atoms with E-state index in [2.05, 4.69) is 10.6 Å². The van der Waals surface area contributed by atoms with Gasteiger partial charge in [0.1, 0.15) is 0 Å². The first-order valence-electron chi connectivity index (χ1n) is 7.02. The van der Waals surface area contributed by atoms with E-state index >= 15 is 0 Å². The molecule has 21 heavy (non-hydrogen) atoms. The quantitative estimate of drug-likeness (QED) is 0.843. The largest absolute Gasteiger partial charge is 0.352 e. The molecule has 2 N–H and O–H groups in total. The number of likely N-dealkylation sites (N-methyl/N-ethyl adjacent to an activating group) is 1. The first-order chi connectivity index (χ1) is 9.97. The summed E-state index contributed by atoms with van der Waals surface area (Å²) in [7, 11) is 1.75. The standard InChI is InChI=1S/C15H20ClN3O2/c1-10(15(21)17-11-7-8-11)19(2)9-14(20)18-13-6-4-3-5-12(13)16/h3-6,10-11H,7-9H2,1-2H3,(H,17,21)(H,18,20)/t10-/m0/s1. The third kappa shape index (κ3) is 4.72. The fraction of sp³-hybridized carbons (Fsp3) is 0.467. The van der Waals surface area contributed by atoms with Crippen molar-refractivity contribution in [2.75, 3.05) is 18.9 Å². The first kappa shape index (κ1) is 15.8. The van der Waals surface area contributed by atoms with E-state index in [0.29, 0.717) is 16.8 Å². The number of anilines is 1. The fourth-order valence-corrected chi connectivity index (χ4v) is 2.05. The van der Waals surface area contributed by atoms with Gasteiger partial charge >= 0.3 is 0 Å². The van der Waals surface area contributed by atoms with Crippen LogP contribution in [-0.2, 0) is 9.59 Å². The molecular formula is C15H20ClN3O2. The summed E-state index contributed by atoms with van der Waals surface area (Å²) in [4.78, 5) is 25.6. The summed E-state index contributed by atoms with van der Waals surface area (Å²) < 4.78 is 0. The molecule has 114 valence electrons. The summed E-state index contributed by atoms with van der Waals surface area (Å²) >= 11 is 5.99. The third-order valence-electron chi connectivity index (χ3n) is 3.51. The van der Waals surface area contributed by atoms with E-state index in [1.54, 1.807) is 43.1 Å². The van der Waals surface area contributed by atoms with Gasteiger partial charge in [0.2, 0.25) is 11.8 Å². The van der Waals surface area contributed by atoms with E-state index in [1.165, 1.54) is 0 Å². The number of hydrogen-bond donors (Lipinski definition) is 2. The van der Waals surface area contributed by atoms with Crippen molar-refractivity contribution in [1.82, 2.24) is 10.2 Å². The van der Waals surface area contributed by atoms with Crippen LogP contribution in [0.25, 0.3) is 0 Å². The average molecular weight is 310 g/mol. The smallest absolute Gasteiger partial charge is 0.238 e. The monoisotopic (exact) mass is 309 g/mol. The van der Waals surface area contributed by atoms with Crippen LogP contribution in [-0.4, -0.2) is 42.4 Å². The van der Waals surface area contributed by atoms with Crippen LogP contribution in [0.1, 0.15) is 19.8 Å². The van der Waals surface area contributed by atoms with Crippen molar-refractivity contribution in [2.45, 2.75) is 31.8 Å². The first-order valence-corrected chi connectivity index (χ1v) is 7.40. The highest BCUT2D eigenvalue weighted by molar-refractivity contribution is 6.33. The molecule has 1 atom stereocenters. The minimum atomic E-state index is -0.345. The van der Waals surface area contributed by atoms with Crippen molar-refractivity contribution in [3.8, 4) is 0 Å². The van der Waals surface area contributed by atoms with Crippen molar-refractivity contribution < 1.29 is 9.59 Å². The van der Waals surface area contributed by atoms with Gasteiger partial charge < -0.3 is 10.6 Å². The molecule has 1 aromatic rings. The lowest BCUT2D eigenvalue weighted by molar-refractivity contribution is -0.126. The van der Waals surface area contributed by atoms with Crippen molar-refractivity contribution in [3.05, 3.63) is 29.3 Å². The summed E-state index contributed by atoms with van der Waals surface area (Å²) in [5, 5.41) is 6.17. The van der Waals surface area contributed by atoms with Gasteiger partial charge in [-0.2, -0.15) is 0 Å². The van der Waals surface area contributed by atoms with Gasteiger partial charge in [-0.15, -0.1) is 0 Å². The van der Waals surface area contributed by atoms with Crippen molar-refractivity contribution >= 4 is 29.1 Å². The number of carbonyl (C=O) groups excluding carboxylic acids is 2. The van der Waals surface area contributed by atoms with Crippen LogP contribution in [0.5, 0.6) is 0 Å². The maximum atomic E-state index is 12.0. The minimum absolute atomic E-state index is 0.0365. The average Bonchev–Trinajstić information content (AvgIpc) is 3.24. The van der Waals surface area contributed by atoms with Crippen LogP contribution in [0.4, 0.5) is 5.69 Å². The maximum Gasteiger partial charge on any atom is 0.238 e. The van der Waals surface area contributed by atoms with Crippen LogP contribution in [0.15, 0.2) is 24.3 Å². The Bertz CT molecular complexity index is 531. The lowest BCUT2D eigenvalue weighted by Crippen LogP contribution is -2.46. The zero-order valence-corrected chi connectivity index (χ0v) is 13.0. The number of rotatable bonds is 6. The van der Waals surface area contributed by atoms with Gasteiger partial charge in [0, 0.05) is 6.04 Å². The number of para-hydroxylation sites is 1. The fourth-order valence-electron chi connectivity index (χ4n) is 1.87. The molecule has 0 heterocycles. The number of amides is 2. The zero-order valence-electron chi connectivity index (χ0n) is 12.2. The SMILES string of the molecule is C[C@@H](C(=O)NC1CC1)N(C)CC(=O)Nc1ccccc1Cl. The predicted octanol–water partition coefficient (Wildman–Crippen LogP) is 1.88. The van der Waals surface area contributed by atoms with Crippen molar-refractivity contribution in [3.63, 3.8) is 0 Å². The molecule has 2 amide bonds. The van der Waals surface area contributed by atoms with Crippen LogP contribution in [0, 0.1) is 0 Å². The Morgan fingerprint density at radius 3 is 2.67 bits per heavy atom. The molecule has 0 bridgehead atoms. The molecule has 1 fully saturated rings. The van der Waals surface area contributed by atoms with Gasteiger partial charge in [-0.1, -0.05) is 23.7 Å². The Morgan fingerprint density at radius 2 is 2.05 bits per heavy atom. The van der Waals surface area contributed by atoms with Crippen LogP contribution < -0.4 is 10.6 Å². The third-order valence-corrected chi connectivity index (χ3v) is 3.83. The highest BCUT2D eigenvalue weighted by Crippen LogP contribution is 2.20. The topological polar surface area (TPSA) is 61.4 Å². The second-order valence-electron chi connectivity index (χ2n) is 5.40. The van der Waals surface area contributed by atoms with Gasteiger partial charge in [0.15, 0.2) is 0 Å². The molecular weight excluding hydrogens is 290 g/mol. The summed E-state index contributed by atoms with van der Waals surface area (Å²) in [6.45, 7) is 1.92. The molecule has 1 saturated carbocycles. The molecule has 0 radical (unpaired) electrons. The normalized spacial score (nSPS) is 15.6. The van der Waals surface area contributed by atoms with Gasteiger partial charge in [-0.3, -0.25) is 14.5 Å². The van der Waals surface area contributed by atoms with Gasteiger partial charge in [0.05, 0.1) is 23.3 Å². The Morgan fingerprint density at radius 1 is 1.38 bits per heavy atom. The number of hydrogen-bond acceptors (Lipinski definition) is 3. The van der Waals surface area contributed by atoms with E-state index in [1.807, 2.05) is 0 Å². The van der Waals surface area contributed by atoms with Crippen LogP contribution >= 0.6 is 11.6 Å². The molecule has 1 aliphatic carbocycles. The molecule has 0 aliphatic heterocycles. The number of nitrogens with zero attached hydrogens (tertiary/aromatic N) is 1. The lowest BCUT2D eigenvalue weighted by Gasteiger charge is -2.23. The second-order valence-corrected chi connectivity index (χ2v) is 5.81. The van der Waals surface area contributed by atoms with Crippen LogP contribution in [0.2, 0.25) is 5.02 Å². The molecule has 1 aromatic carbocycles. The molecule has 1 aliphatic rings. The van der Waals surface area contributed by atoms with E-state index in [0.717, 1.165) is 12.8 Å². The lowest BCUT2D eigenvalue weighted by atomic mass is 10.2. The Balaban J connectivity index is 1.83. The second kappa shape index (κ2) is 6.91. The highest BCUT2D eigenvalue weighted by Gasteiger charge is 2.27. The van der Waals surface area contributed by atoms with Crippen LogP contribution in [0.3, 0.4) is 0 Å². The number of carbonyl (C=O) groups is 2. The van der Waals surface area contributed by atoms with Gasteiger partial charge in [0.25, 0.3) is 0 Å². The van der Waals surface area contributed by atoms with Crippen molar-refractivity contribution in [2.24, 2.45) is 0 Å². The number of nitrogens with one attached hydrogen (secondary N) is 2. The van der Waals surface area contributed by atoms with E-state index in [-0.39, 0.29) is 24.4 Å². The molecule has 5 nitrogen and oxygen atoms in total.